The van der Waals surface area contributed by atoms with Crippen molar-refractivity contribution in [2.24, 2.45) is 0 Å². The van der Waals surface area contributed by atoms with Crippen molar-refractivity contribution in [1.29, 1.82) is 0 Å². The van der Waals surface area contributed by atoms with Crippen LogP contribution in [0.1, 0.15) is 22.7 Å². The third-order valence-electron chi connectivity index (χ3n) is 5.63. The van der Waals surface area contributed by atoms with E-state index in [2.05, 4.69) is 0 Å². The van der Waals surface area contributed by atoms with Gasteiger partial charge in [-0.2, -0.15) is 13.2 Å². The van der Waals surface area contributed by atoms with Crippen molar-refractivity contribution in [2.75, 3.05) is 11.7 Å². The minimum absolute atomic E-state index is 0.0730. The van der Waals surface area contributed by atoms with Crippen molar-refractivity contribution >= 4 is 23.2 Å². The second kappa shape index (κ2) is 7.88. The lowest BCUT2D eigenvalue weighted by Gasteiger charge is -2.47. The number of nitrogens with zero attached hydrogens (tertiary/aromatic N) is 1. The SMILES string of the molecule is Cc1cc(Cl)ccc1OC1C(=O)N(c2cccc(C(F)(F)F)c2)C1c1ccc2c(c1)OCO2. The molecule has 2 heterocycles. The summed E-state index contributed by atoms with van der Waals surface area (Å²) < 4.78 is 56.7. The molecule has 9 heteroatoms. The van der Waals surface area contributed by atoms with Gasteiger partial charge in [-0.1, -0.05) is 23.7 Å². The molecule has 2 unspecified atom stereocenters. The van der Waals surface area contributed by atoms with Gasteiger partial charge in [-0.05, 0) is 66.6 Å². The number of alkyl halides is 3. The second-order valence-corrected chi connectivity index (χ2v) is 8.20. The Kier molecular flexibility index (Phi) is 5.12. The number of aryl methyl sites for hydroxylation is 1. The largest absolute Gasteiger partial charge is 0.478 e. The van der Waals surface area contributed by atoms with E-state index in [4.69, 9.17) is 25.8 Å². The molecule has 5 nitrogen and oxygen atoms in total. The molecular weight excluding hydrogens is 459 g/mol. The predicted octanol–water partition coefficient (Wildman–Crippen LogP) is 5.93. The number of carbonyl (C=O) groups excluding carboxylic acids is 1. The Hall–Kier alpha value is -3.39. The maximum Gasteiger partial charge on any atom is 0.416 e. The van der Waals surface area contributed by atoms with Gasteiger partial charge in [0.15, 0.2) is 11.5 Å². The number of benzene rings is 3. The Morgan fingerprint density at radius 3 is 2.58 bits per heavy atom. The van der Waals surface area contributed by atoms with Gasteiger partial charge in [0.2, 0.25) is 12.9 Å². The summed E-state index contributed by atoms with van der Waals surface area (Å²) in [6.45, 7) is 1.87. The van der Waals surface area contributed by atoms with E-state index in [9.17, 15) is 18.0 Å². The van der Waals surface area contributed by atoms with Crippen LogP contribution in [0.3, 0.4) is 0 Å². The standard InChI is InChI=1S/C24H17ClF3NO4/c1-13-9-16(25)6-8-18(13)33-22-21(14-5-7-19-20(10-14)32-12-31-19)29(23(22)30)17-4-2-3-15(11-17)24(26,27)28/h2-11,21-22H,12H2,1H3. The molecule has 33 heavy (non-hydrogen) atoms. The van der Waals surface area contributed by atoms with Crippen molar-refractivity contribution in [1.82, 2.24) is 0 Å². The van der Waals surface area contributed by atoms with Gasteiger partial charge in [0.25, 0.3) is 5.91 Å². The highest BCUT2D eigenvalue weighted by Crippen LogP contribution is 2.45. The molecule has 0 saturated carbocycles. The van der Waals surface area contributed by atoms with Crippen LogP contribution < -0.4 is 19.1 Å². The van der Waals surface area contributed by atoms with E-state index in [1.807, 2.05) is 0 Å². The van der Waals surface area contributed by atoms with Crippen molar-refractivity contribution in [2.45, 2.75) is 25.2 Å². The molecule has 0 aliphatic carbocycles. The Labute approximate surface area is 192 Å². The first-order valence-electron chi connectivity index (χ1n) is 10.0. The maximum absolute atomic E-state index is 13.3. The molecule has 0 bridgehead atoms. The number of hydrogen-bond donors (Lipinski definition) is 0. The zero-order valence-electron chi connectivity index (χ0n) is 17.2. The third-order valence-corrected chi connectivity index (χ3v) is 5.86. The van der Waals surface area contributed by atoms with Crippen LogP contribution in [0, 0.1) is 6.92 Å². The summed E-state index contributed by atoms with van der Waals surface area (Å²) in [5, 5.41) is 0.526. The highest BCUT2D eigenvalue weighted by atomic mass is 35.5. The Morgan fingerprint density at radius 1 is 1.03 bits per heavy atom. The summed E-state index contributed by atoms with van der Waals surface area (Å²) in [4.78, 5) is 14.5. The molecule has 5 rings (SSSR count). The lowest BCUT2D eigenvalue weighted by atomic mass is 9.89. The number of β-lactam (4-membered cyclic amide) rings is 1. The first-order valence-corrected chi connectivity index (χ1v) is 10.4. The highest BCUT2D eigenvalue weighted by molar-refractivity contribution is 6.30. The van der Waals surface area contributed by atoms with Gasteiger partial charge < -0.3 is 14.2 Å². The maximum atomic E-state index is 13.3. The van der Waals surface area contributed by atoms with Crippen molar-refractivity contribution < 1.29 is 32.2 Å². The van der Waals surface area contributed by atoms with Crippen molar-refractivity contribution in [3.63, 3.8) is 0 Å². The van der Waals surface area contributed by atoms with Gasteiger partial charge in [-0.15, -0.1) is 0 Å². The van der Waals surface area contributed by atoms with Crippen LogP contribution in [0.15, 0.2) is 60.7 Å². The van der Waals surface area contributed by atoms with E-state index in [-0.39, 0.29) is 12.5 Å². The van der Waals surface area contributed by atoms with Crippen LogP contribution in [0.2, 0.25) is 5.02 Å². The normalized spacial score (nSPS) is 19.4. The van der Waals surface area contributed by atoms with E-state index in [0.717, 1.165) is 17.7 Å². The smallest absolute Gasteiger partial charge is 0.416 e. The summed E-state index contributed by atoms with van der Waals surface area (Å²) in [6, 6.07) is 14.2. The molecule has 170 valence electrons. The Balaban J connectivity index is 1.54. The summed E-state index contributed by atoms with van der Waals surface area (Å²) in [7, 11) is 0. The molecule has 0 spiro atoms. The summed E-state index contributed by atoms with van der Waals surface area (Å²) in [5.74, 6) is 1.07. The number of amides is 1. The number of hydrogen-bond acceptors (Lipinski definition) is 4. The Bertz CT molecular complexity index is 1250. The first-order chi connectivity index (χ1) is 15.7. The molecule has 3 aromatic carbocycles. The predicted molar refractivity (Wildman–Crippen MR) is 115 cm³/mol. The summed E-state index contributed by atoms with van der Waals surface area (Å²) in [5.41, 5.74) is 0.672. The third kappa shape index (κ3) is 3.84. The van der Waals surface area contributed by atoms with Crippen molar-refractivity contribution in [3.05, 3.63) is 82.4 Å². The summed E-state index contributed by atoms with van der Waals surface area (Å²) >= 11 is 6.02. The molecule has 2 atom stereocenters. The van der Waals surface area contributed by atoms with Crippen LogP contribution in [0.25, 0.3) is 0 Å². The quantitative estimate of drug-likeness (QED) is 0.439. The van der Waals surface area contributed by atoms with Crippen LogP contribution in [-0.2, 0) is 11.0 Å². The zero-order valence-corrected chi connectivity index (χ0v) is 18.0. The molecular formula is C24H17ClF3NO4. The molecule has 1 amide bonds. The molecule has 2 aliphatic heterocycles. The number of halogens is 4. The average Bonchev–Trinajstić information content (AvgIpc) is 3.24. The van der Waals surface area contributed by atoms with Crippen LogP contribution >= 0.6 is 11.6 Å². The van der Waals surface area contributed by atoms with Gasteiger partial charge in [0.05, 0.1) is 5.56 Å². The zero-order chi connectivity index (χ0) is 23.3. The fraction of sp³-hybridized carbons (Fsp3) is 0.208. The molecule has 0 aromatic heterocycles. The van der Waals surface area contributed by atoms with Crippen LogP contribution in [0.5, 0.6) is 17.2 Å². The highest BCUT2D eigenvalue weighted by Gasteiger charge is 2.51. The molecule has 1 saturated heterocycles. The van der Waals surface area contributed by atoms with E-state index < -0.39 is 29.8 Å². The first kappa shape index (κ1) is 21.5. The number of ether oxygens (including phenoxy) is 3. The number of rotatable bonds is 4. The minimum Gasteiger partial charge on any atom is -0.478 e. The molecule has 1 fully saturated rings. The second-order valence-electron chi connectivity index (χ2n) is 7.76. The van der Waals surface area contributed by atoms with Gasteiger partial charge in [0.1, 0.15) is 11.8 Å². The van der Waals surface area contributed by atoms with E-state index in [1.165, 1.54) is 17.0 Å². The molecule has 2 aliphatic rings. The van der Waals surface area contributed by atoms with Crippen molar-refractivity contribution in [3.8, 4) is 17.2 Å². The number of carbonyl (C=O) groups is 1. The lowest BCUT2D eigenvalue weighted by Crippen LogP contribution is -2.61. The topological polar surface area (TPSA) is 48.0 Å². The fourth-order valence-corrected chi connectivity index (χ4v) is 4.23. The minimum atomic E-state index is -4.53. The summed E-state index contributed by atoms with van der Waals surface area (Å²) in [6.07, 6.45) is -5.48. The lowest BCUT2D eigenvalue weighted by molar-refractivity contribution is -0.138. The van der Waals surface area contributed by atoms with E-state index in [0.29, 0.717) is 27.8 Å². The Morgan fingerprint density at radius 2 is 1.82 bits per heavy atom. The average molecular weight is 476 g/mol. The van der Waals surface area contributed by atoms with Gasteiger partial charge in [0, 0.05) is 10.7 Å². The van der Waals surface area contributed by atoms with Gasteiger partial charge >= 0.3 is 6.18 Å². The van der Waals surface area contributed by atoms with Gasteiger partial charge in [-0.25, -0.2) is 0 Å². The molecule has 0 radical (unpaired) electrons. The van der Waals surface area contributed by atoms with E-state index >= 15 is 0 Å². The number of fused-ring (bicyclic) bond motifs is 1. The molecule has 0 N–H and O–H groups in total. The van der Waals surface area contributed by atoms with Crippen LogP contribution in [0.4, 0.5) is 18.9 Å². The fourth-order valence-electron chi connectivity index (χ4n) is 4.00. The van der Waals surface area contributed by atoms with Crippen LogP contribution in [-0.4, -0.2) is 18.8 Å². The number of anilines is 1. The van der Waals surface area contributed by atoms with E-state index in [1.54, 1.807) is 43.3 Å². The van der Waals surface area contributed by atoms with Gasteiger partial charge in [-0.3, -0.25) is 9.69 Å². The monoisotopic (exact) mass is 475 g/mol. The molecule has 3 aromatic rings.